The van der Waals surface area contributed by atoms with Crippen LogP contribution in [0.2, 0.25) is 0 Å². The van der Waals surface area contributed by atoms with Gasteiger partial charge >= 0.3 is 0 Å². The molecule has 2 heterocycles. The highest BCUT2D eigenvalue weighted by Gasteiger charge is 2.15. The zero-order chi connectivity index (χ0) is 15.3. The number of furan rings is 1. The third-order valence-electron chi connectivity index (χ3n) is 4.21. The van der Waals surface area contributed by atoms with Crippen LogP contribution in [0.1, 0.15) is 18.1 Å². The van der Waals surface area contributed by atoms with Crippen molar-refractivity contribution >= 4 is 32.7 Å². The van der Waals surface area contributed by atoms with Gasteiger partial charge in [-0.2, -0.15) is 0 Å². The maximum atomic E-state index is 9.30. The summed E-state index contributed by atoms with van der Waals surface area (Å²) in [7, 11) is 0. The second kappa shape index (κ2) is 4.63. The van der Waals surface area contributed by atoms with Crippen molar-refractivity contribution in [3.63, 3.8) is 0 Å². The molecule has 22 heavy (non-hydrogen) atoms. The zero-order valence-electron chi connectivity index (χ0n) is 12.4. The highest BCUT2D eigenvalue weighted by atomic mass is 16.5. The Bertz CT molecular complexity index is 1090. The second-order valence-electron chi connectivity index (χ2n) is 5.44. The van der Waals surface area contributed by atoms with E-state index in [2.05, 4.69) is 24.2 Å². The lowest BCUT2D eigenvalue weighted by Gasteiger charge is -2.07. The van der Waals surface area contributed by atoms with Crippen molar-refractivity contribution in [1.29, 1.82) is 0 Å². The molecule has 0 aliphatic heterocycles. The van der Waals surface area contributed by atoms with Crippen molar-refractivity contribution < 1.29 is 14.0 Å². The van der Waals surface area contributed by atoms with Crippen LogP contribution in [0, 0.1) is 6.92 Å². The topological polar surface area (TPSA) is 58.9 Å². The Balaban J connectivity index is 2.31. The Morgan fingerprint density at radius 2 is 1.86 bits per heavy atom. The first-order valence-electron chi connectivity index (χ1n) is 7.28. The summed E-state index contributed by atoms with van der Waals surface area (Å²) in [4.78, 5) is 0. The Labute approximate surface area is 126 Å². The monoisotopic (exact) mass is 293 g/mol. The van der Waals surface area contributed by atoms with Gasteiger partial charge in [0.2, 0.25) is 0 Å². The summed E-state index contributed by atoms with van der Waals surface area (Å²) < 4.78 is 11.6. The molecule has 0 saturated carbocycles. The number of rotatable bonds is 1. The molecular formula is C18H15NO3. The number of aryl methyl sites for hydroxylation is 2. The zero-order valence-corrected chi connectivity index (χ0v) is 12.4. The largest absolute Gasteiger partial charge is 0.463 e. The number of fused-ring (bicyclic) bond motifs is 5. The highest BCUT2D eigenvalue weighted by Crippen LogP contribution is 2.32. The molecule has 4 aromatic rings. The predicted octanol–water partition coefficient (Wildman–Crippen LogP) is 4.49. The van der Waals surface area contributed by atoms with Crippen molar-refractivity contribution in [2.75, 3.05) is 0 Å². The molecule has 0 spiro atoms. The summed E-state index contributed by atoms with van der Waals surface area (Å²) in [5.74, 6) is 0. The molecule has 0 unspecified atom stereocenters. The van der Waals surface area contributed by atoms with Crippen LogP contribution >= 0.6 is 0 Å². The van der Waals surface area contributed by atoms with Crippen LogP contribution in [0.25, 0.3) is 32.7 Å². The van der Waals surface area contributed by atoms with Crippen molar-refractivity contribution in [2.45, 2.75) is 20.3 Å². The van der Waals surface area contributed by atoms with E-state index in [4.69, 9.17) is 8.83 Å². The van der Waals surface area contributed by atoms with Gasteiger partial charge in [-0.15, -0.1) is 0 Å². The normalized spacial score (nSPS) is 12.7. The third kappa shape index (κ3) is 1.61. The van der Waals surface area contributed by atoms with Crippen molar-refractivity contribution in [3.8, 4) is 0 Å². The molecule has 4 heteroatoms. The van der Waals surface area contributed by atoms with Crippen molar-refractivity contribution in [3.05, 3.63) is 53.3 Å². The van der Waals surface area contributed by atoms with Crippen molar-refractivity contribution in [1.82, 2.24) is 0 Å². The summed E-state index contributed by atoms with van der Waals surface area (Å²) in [5, 5.41) is 16.3. The Kier molecular flexibility index (Phi) is 2.73. The van der Waals surface area contributed by atoms with E-state index < -0.39 is 0 Å². The van der Waals surface area contributed by atoms with Gasteiger partial charge in [0, 0.05) is 10.9 Å². The van der Waals surface area contributed by atoms with E-state index >= 15 is 0 Å². The minimum atomic E-state index is 0.183. The number of nitrogens with zero attached hydrogens (tertiary/aromatic N) is 1. The summed E-state index contributed by atoms with van der Waals surface area (Å²) in [6.07, 6.45) is 2.60. The van der Waals surface area contributed by atoms with Crippen LogP contribution in [-0.2, 0) is 6.42 Å². The number of hydrogen-bond donors (Lipinski definition) is 1. The molecule has 0 atom stereocenters. The van der Waals surface area contributed by atoms with Gasteiger partial charge in [0.05, 0.1) is 17.0 Å². The van der Waals surface area contributed by atoms with Gasteiger partial charge in [-0.25, -0.2) is 0 Å². The quantitative estimate of drug-likeness (QED) is 0.319. The predicted molar refractivity (Wildman–Crippen MR) is 85.0 cm³/mol. The van der Waals surface area contributed by atoms with Gasteiger partial charge in [0.25, 0.3) is 5.55 Å². The molecule has 2 aromatic heterocycles. The molecule has 1 N–H and O–H groups in total. The molecule has 0 saturated heterocycles. The van der Waals surface area contributed by atoms with Gasteiger partial charge in [-0.1, -0.05) is 31.2 Å². The molecule has 4 rings (SSSR count). The average molecular weight is 293 g/mol. The molecule has 0 aliphatic carbocycles. The summed E-state index contributed by atoms with van der Waals surface area (Å²) in [6, 6.07) is 10.2. The molecule has 0 bridgehead atoms. The first-order chi connectivity index (χ1) is 10.7. The molecule has 4 nitrogen and oxygen atoms in total. The van der Waals surface area contributed by atoms with E-state index in [1.165, 1.54) is 5.56 Å². The average Bonchev–Trinajstić information content (AvgIpc) is 2.95. The van der Waals surface area contributed by atoms with Gasteiger partial charge in [0.15, 0.2) is 5.58 Å². The standard InChI is InChI=1S/C18H15NO3/c1-3-11-5-4-6-13-12(11)7-8-14-16(13)22-18(19-20)15-10(2)9-21-17(14)15/h4-9,20H,3H2,1-2H3/b19-18-. The number of benzene rings is 2. The lowest BCUT2D eigenvalue weighted by atomic mass is 10.00. The van der Waals surface area contributed by atoms with Crippen LogP contribution in [0.3, 0.4) is 0 Å². The first kappa shape index (κ1) is 13.0. The van der Waals surface area contributed by atoms with E-state index in [0.717, 1.165) is 28.1 Å². The van der Waals surface area contributed by atoms with Crippen LogP contribution in [-0.4, -0.2) is 5.21 Å². The molecular weight excluding hydrogens is 278 g/mol. The van der Waals surface area contributed by atoms with Crippen LogP contribution in [0.15, 0.2) is 50.6 Å². The second-order valence-corrected chi connectivity index (χ2v) is 5.44. The molecule has 0 aliphatic rings. The fraction of sp³-hybridized carbons (Fsp3) is 0.167. The van der Waals surface area contributed by atoms with E-state index in [1.54, 1.807) is 6.26 Å². The van der Waals surface area contributed by atoms with Gasteiger partial charge in [0.1, 0.15) is 5.58 Å². The maximum Gasteiger partial charge on any atom is 0.267 e. The minimum Gasteiger partial charge on any atom is -0.463 e. The Morgan fingerprint density at radius 1 is 1.05 bits per heavy atom. The summed E-state index contributed by atoms with van der Waals surface area (Å²) in [5.41, 5.74) is 3.70. The smallest absolute Gasteiger partial charge is 0.267 e. The summed E-state index contributed by atoms with van der Waals surface area (Å²) in [6.45, 7) is 4.03. The van der Waals surface area contributed by atoms with Crippen molar-refractivity contribution in [2.24, 2.45) is 5.16 Å². The minimum absolute atomic E-state index is 0.183. The molecule has 2 aromatic carbocycles. The van der Waals surface area contributed by atoms with Gasteiger partial charge in [-0.3, -0.25) is 0 Å². The van der Waals surface area contributed by atoms with Crippen LogP contribution < -0.4 is 5.55 Å². The lowest BCUT2D eigenvalue weighted by molar-refractivity contribution is 0.279. The summed E-state index contributed by atoms with van der Waals surface area (Å²) >= 11 is 0. The van der Waals surface area contributed by atoms with Gasteiger partial charge < -0.3 is 14.0 Å². The van der Waals surface area contributed by atoms with Gasteiger partial charge in [-0.05, 0) is 35.5 Å². The maximum absolute atomic E-state index is 9.30. The Hall–Kier alpha value is -2.75. The third-order valence-corrected chi connectivity index (χ3v) is 4.21. The SMILES string of the molecule is CCc1cccc2c1ccc1c3occ(C)c3/c(=N/O)oc21. The first-order valence-corrected chi connectivity index (χ1v) is 7.28. The fourth-order valence-electron chi connectivity index (χ4n) is 3.12. The molecule has 0 amide bonds. The van der Waals surface area contributed by atoms with E-state index in [1.807, 2.05) is 25.1 Å². The van der Waals surface area contributed by atoms with E-state index in [9.17, 15) is 5.21 Å². The fourth-order valence-corrected chi connectivity index (χ4v) is 3.12. The van der Waals surface area contributed by atoms with E-state index in [-0.39, 0.29) is 5.55 Å². The van der Waals surface area contributed by atoms with E-state index in [0.29, 0.717) is 16.6 Å². The molecule has 0 radical (unpaired) electrons. The lowest BCUT2D eigenvalue weighted by Crippen LogP contribution is -2.02. The number of hydrogen-bond acceptors (Lipinski definition) is 4. The highest BCUT2D eigenvalue weighted by molar-refractivity contribution is 6.12. The Morgan fingerprint density at radius 3 is 2.64 bits per heavy atom. The van der Waals surface area contributed by atoms with Crippen LogP contribution in [0.4, 0.5) is 0 Å². The molecule has 110 valence electrons. The van der Waals surface area contributed by atoms with Crippen LogP contribution in [0.5, 0.6) is 0 Å². The molecule has 0 fully saturated rings.